The van der Waals surface area contributed by atoms with E-state index in [1.54, 1.807) is 21.0 Å². The van der Waals surface area contributed by atoms with Crippen molar-refractivity contribution in [3.05, 3.63) is 21.6 Å². The Morgan fingerprint density at radius 3 is 2.47 bits per heavy atom. The molecule has 1 rings (SSSR count). The molecule has 0 spiro atoms. The van der Waals surface area contributed by atoms with E-state index in [0.29, 0.717) is 5.69 Å². The molecule has 0 aliphatic carbocycles. The molecule has 19 heavy (non-hydrogen) atoms. The van der Waals surface area contributed by atoms with Gasteiger partial charge >= 0.3 is 0 Å². The maximum atomic E-state index is 11.9. The summed E-state index contributed by atoms with van der Waals surface area (Å²) >= 11 is 6.01. The van der Waals surface area contributed by atoms with Crippen LogP contribution < -0.4 is 10.9 Å². The zero-order valence-corrected chi connectivity index (χ0v) is 12.5. The molecule has 0 radical (unpaired) electrons. The van der Waals surface area contributed by atoms with Gasteiger partial charge in [0.2, 0.25) is 5.91 Å². The number of anilines is 1. The molecule has 0 fully saturated rings. The van der Waals surface area contributed by atoms with Crippen LogP contribution in [0.5, 0.6) is 0 Å². The predicted octanol–water partition coefficient (Wildman–Crippen LogP) is 1.37. The fourth-order valence-corrected chi connectivity index (χ4v) is 1.79. The highest BCUT2D eigenvalue weighted by atomic mass is 35.5. The van der Waals surface area contributed by atoms with Crippen LogP contribution in [0.2, 0.25) is 5.02 Å². The number of halogens is 1. The van der Waals surface area contributed by atoms with E-state index in [1.165, 1.54) is 15.8 Å². The molecular formula is C12H19ClN4O2. The average Bonchev–Trinajstić information content (AvgIpc) is 2.33. The zero-order valence-electron chi connectivity index (χ0n) is 11.8. The van der Waals surface area contributed by atoms with Crippen molar-refractivity contribution in [2.24, 2.45) is 0 Å². The average molecular weight is 287 g/mol. The monoisotopic (exact) mass is 286 g/mol. The number of carbonyl (C=O) groups is 1. The third kappa shape index (κ3) is 3.47. The third-order valence-corrected chi connectivity index (χ3v) is 2.98. The quantitative estimate of drug-likeness (QED) is 0.908. The van der Waals surface area contributed by atoms with E-state index in [2.05, 4.69) is 10.4 Å². The van der Waals surface area contributed by atoms with Gasteiger partial charge in [-0.1, -0.05) is 11.6 Å². The van der Waals surface area contributed by atoms with Gasteiger partial charge in [-0.15, -0.1) is 0 Å². The number of nitrogens with zero attached hydrogens (tertiary/aromatic N) is 3. The molecule has 0 saturated carbocycles. The van der Waals surface area contributed by atoms with Crippen LogP contribution in [0.4, 0.5) is 5.69 Å². The van der Waals surface area contributed by atoms with Crippen LogP contribution in [0.3, 0.4) is 0 Å². The Bertz CT molecular complexity index is 525. The van der Waals surface area contributed by atoms with Crippen molar-refractivity contribution in [3.63, 3.8) is 0 Å². The van der Waals surface area contributed by atoms with Crippen molar-refractivity contribution >= 4 is 23.2 Å². The maximum absolute atomic E-state index is 11.9. The van der Waals surface area contributed by atoms with Crippen LogP contribution in [-0.4, -0.2) is 40.7 Å². The molecule has 1 N–H and O–H groups in total. The highest BCUT2D eigenvalue weighted by Gasteiger charge is 2.18. The first-order chi connectivity index (χ1) is 8.75. The lowest BCUT2D eigenvalue weighted by Crippen LogP contribution is -2.37. The van der Waals surface area contributed by atoms with Gasteiger partial charge in [-0.2, -0.15) is 5.10 Å². The van der Waals surface area contributed by atoms with Gasteiger partial charge in [0.25, 0.3) is 5.56 Å². The maximum Gasteiger partial charge on any atom is 0.287 e. The Balaban J connectivity index is 3.02. The van der Waals surface area contributed by atoms with E-state index in [1.807, 2.05) is 13.8 Å². The van der Waals surface area contributed by atoms with Gasteiger partial charge in [0.15, 0.2) is 0 Å². The van der Waals surface area contributed by atoms with Crippen LogP contribution in [0.1, 0.15) is 26.8 Å². The fourth-order valence-electron chi connectivity index (χ4n) is 1.60. The smallest absolute Gasteiger partial charge is 0.287 e. The predicted molar refractivity (Wildman–Crippen MR) is 75.7 cm³/mol. The van der Waals surface area contributed by atoms with Crippen molar-refractivity contribution in [3.8, 4) is 0 Å². The van der Waals surface area contributed by atoms with Crippen LogP contribution >= 0.6 is 11.6 Å². The standard InChI is InChI=1S/C12H19ClN4O2/c1-7(2)17-12(19)10(13)9(6-14-17)15-8(3)11(18)16(4)5/h6-8,15H,1-5H3. The molecule has 7 heteroatoms. The van der Waals surface area contributed by atoms with Gasteiger partial charge in [0.1, 0.15) is 11.1 Å². The molecule has 106 valence electrons. The number of rotatable bonds is 4. The molecule has 0 aliphatic rings. The van der Waals surface area contributed by atoms with Gasteiger partial charge in [-0.25, -0.2) is 4.68 Å². The first-order valence-corrected chi connectivity index (χ1v) is 6.38. The summed E-state index contributed by atoms with van der Waals surface area (Å²) in [7, 11) is 3.33. The largest absolute Gasteiger partial charge is 0.371 e. The Morgan fingerprint density at radius 1 is 1.42 bits per heavy atom. The lowest BCUT2D eigenvalue weighted by atomic mass is 10.3. The Hall–Kier alpha value is -1.56. The van der Waals surface area contributed by atoms with Crippen LogP contribution in [0.25, 0.3) is 0 Å². The van der Waals surface area contributed by atoms with E-state index in [-0.39, 0.29) is 22.5 Å². The minimum atomic E-state index is -0.483. The van der Waals surface area contributed by atoms with Crippen LogP contribution in [0, 0.1) is 0 Å². The van der Waals surface area contributed by atoms with E-state index in [0.717, 1.165) is 0 Å². The molecular weight excluding hydrogens is 268 g/mol. The molecule has 0 aliphatic heterocycles. The van der Waals surface area contributed by atoms with Crippen molar-refractivity contribution < 1.29 is 4.79 Å². The number of carbonyl (C=O) groups excluding carboxylic acids is 1. The van der Waals surface area contributed by atoms with Crippen molar-refractivity contribution in [1.29, 1.82) is 0 Å². The van der Waals surface area contributed by atoms with Gasteiger partial charge in [0, 0.05) is 14.1 Å². The summed E-state index contributed by atoms with van der Waals surface area (Å²) < 4.78 is 1.30. The SMILES string of the molecule is CC(Nc1cnn(C(C)C)c(=O)c1Cl)C(=O)N(C)C. The molecule has 1 heterocycles. The number of hydrogen-bond donors (Lipinski definition) is 1. The summed E-state index contributed by atoms with van der Waals surface area (Å²) in [6, 6.07) is -0.552. The molecule has 1 unspecified atom stereocenters. The van der Waals surface area contributed by atoms with Gasteiger partial charge in [0.05, 0.1) is 17.9 Å². The lowest BCUT2D eigenvalue weighted by Gasteiger charge is -2.19. The van der Waals surface area contributed by atoms with Crippen molar-refractivity contribution in [1.82, 2.24) is 14.7 Å². The minimum Gasteiger partial charge on any atom is -0.371 e. The minimum absolute atomic E-state index is 0.0436. The molecule has 1 aromatic heterocycles. The topological polar surface area (TPSA) is 67.2 Å². The number of likely N-dealkylation sites (N-methyl/N-ethyl adjacent to an activating group) is 1. The normalized spacial score (nSPS) is 12.4. The van der Waals surface area contributed by atoms with E-state index in [9.17, 15) is 9.59 Å². The van der Waals surface area contributed by atoms with E-state index >= 15 is 0 Å². The number of hydrogen-bond acceptors (Lipinski definition) is 4. The Morgan fingerprint density at radius 2 is 2.00 bits per heavy atom. The first-order valence-electron chi connectivity index (χ1n) is 6.00. The molecule has 1 atom stereocenters. The van der Waals surface area contributed by atoms with Gasteiger partial charge < -0.3 is 10.2 Å². The summed E-state index contributed by atoms with van der Waals surface area (Å²) in [5.41, 5.74) is -0.00237. The van der Waals surface area contributed by atoms with Gasteiger partial charge in [-0.3, -0.25) is 9.59 Å². The van der Waals surface area contributed by atoms with Crippen LogP contribution in [0.15, 0.2) is 11.0 Å². The molecule has 1 amide bonds. The van der Waals surface area contributed by atoms with Crippen molar-refractivity contribution in [2.75, 3.05) is 19.4 Å². The summed E-state index contributed by atoms with van der Waals surface area (Å²) in [5.74, 6) is -0.107. The second-order valence-corrected chi connectivity index (χ2v) is 5.19. The van der Waals surface area contributed by atoms with E-state index < -0.39 is 6.04 Å². The van der Waals surface area contributed by atoms with Crippen LogP contribution in [-0.2, 0) is 4.79 Å². The lowest BCUT2D eigenvalue weighted by molar-refractivity contribution is -0.129. The molecule has 0 bridgehead atoms. The molecule has 0 aromatic carbocycles. The summed E-state index contributed by atoms with van der Waals surface area (Å²) in [6.07, 6.45) is 1.46. The second kappa shape index (κ2) is 6.06. The fraction of sp³-hybridized carbons (Fsp3) is 0.583. The Kier molecular flexibility index (Phi) is 4.94. The summed E-state index contributed by atoms with van der Waals surface area (Å²) in [5, 5.41) is 6.97. The third-order valence-electron chi connectivity index (χ3n) is 2.62. The number of nitrogens with one attached hydrogen (secondary N) is 1. The molecule has 6 nitrogen and oxygen atoms in total. The van der Waals surface area contributed by atoms with Gasteiger partial charge in [-0.05, 0) is 20.8 Å². The second-order valence-electron chi connectivity index (χ2n) is 4.81. The number of aromatic nitrogens is 2. The summed E-state index contributed by atoms with van der Waals surface area (Å²) in [6.45, 7) is 5.39. The number of amides is 1. The highest BCUT2D eigenvalue weighted by Crippen LogP contribution is 2.17. The molecule has 0 saturated heterocycles. The summed E-state index contributed by atoms with van der Waals surface area (Å²) in [4.78, 5) is 25.2. The Labute approximate surface area is 117 Å². The zero-order chi connectivity index (χ0) is 14.7. The van der Waals surface area contributed by atoms with E-state index in [4.69, 9.17) is 11.6 Å². The molecule has 1 aromatic rings. The van der Waals surface area contributed by atoms with Crippen molar-refractivity contribution in [2.45, 2.75) is 32.9 Å². The highest BCUT2D eigenvalue weighted by molar-refractivity contribution is 6.33. The first kappa shape index (κ1) is 15.5.